The van der Waals surface area contributed by atoms with Crippen LogP contribution in [0.5, 0.6) is 0 Å². The van der Waals surface area contributed by atoms with E-state index >= 15 is 0 Å². The molecule has 0 aromatic heterocycles. The van der Waals surface area contributed by atoms with Gasteiger partial charge in [0.05, 0.1) is 18.2 Å². The average Bonchev–Trinajstić information content (AvgIpc) is 2.47. The molecule has 1 atom stereocenters. The predicted octanol–water partition coefficient (Wildman–Crippen LogP) is 1.32. The Kier molecular flexibility index (Phi) is 4.72. The predicted molar refractivity (Wildman–Crippen MR) is 75.2 cm³/mol. The molecule has 1 unspecified atom stereocenters. The van der Waals surface area contributed by atoms with E-state index in [0.29, 0.717) is 5.56 Å². The number of aliphatic carboxylic acids is 1. The summed E-state index contributed by atoms with van der Waals surface area (Å²) in [5.41, 5.74) is 1.81. The van der Waals surface area contributed by atoms with Gasteiger partial charge in [0.2, 0.25) is 0 Å². The van der Waals surface area contributed by atoms with Crippen molar-refractivity contribution in [1.82, 2.24) is 9.80 Å². The van der Waals surface area contributed by atoms with Gasteiger partial charge < -0.3 is 5.11 Å². The van der Waals surface area contributed by atoms with Gasteiger partial charge in [-0.25, -0.2) is 0 Å². The summed E-state index contributed by atoms with van der Waals surface area (Å²) in [5, 5.41) is 17.7. The van der Waals surface area contributed by atoms with Gasteiger partial charge in [-0.05, 0) is 24.6 Å². The van der Waals surface area contributed by atoms with Crippen molar-refractivity contribution in [2.24, 2.45) is 0 Å². The van der Waals surface area contributed by atoms with Crippen LogP contribution in [-0.4, -0.2) is 53.6 Å². The van der Waals surface area contributed by atoms with Gasteiger partial charge in [-0.2, -0.15) is 5.26 Å². The number of piperazine rings is 1. The zero-order valence-electron chi connectivity index (χ0n) is 11.6. The highest BCUT2D eigenvalue weighted by atomic mass is 16.4. The van der Waals surface area contributed by atoms with Crippen molar-refractivity contribution in [3.05, 3.63) is 35.4 Å². The molecule has 1 fully saturated rings. The van der Waals surface area contributed by atoms with Crippen LogP contribution in [0.4, 0.5) is 0 Å². The minimum atomic E-state index is -0.770. The molecule has 2 rings (SSSR count). The maximum absolute atomic E-state index is 10.7. The lowest BCUT2D eigenvalue weighted by Gasteiger charge is -2.37. The second-order valence-electron chi connectivity index (χ2n) is 5.12. The van der Waals surface area contributed by atoms with Crippen molar-refractivity contribution in [1.29, 1.82) is 5.26 Å². The number of nitrogens with zero attached hydrogens (tertiary/aromatic N) is 3. The lowest BCUT2D eigenvalue weighted by atomic mass is 10.0. The molecule has 1 N–H and O–H groups in total. The summed E-state index contributed by atoms with van der Waals surface area (Å²) < 4.78 is 0. The number of rotatable bonds is 4. The van der Waals surface area contributed by atoms with Crippen LogP contribution >= 0.6 is 0 Å². The molecule has 1 aromatic carbocycles. The molecule has 0 spiro atoms. The van der Waals surface area contributed by atoms with E-state index in [-0.39, 0.29) is 12.6 Å². The summed E-state index contributed by atoms with van der Waals surface area (Å²) in [4.78, 5) is 15.0. The van der Waals surface area contributed by atoms with E-state index in [2.05, 4.69) is 17.9 Å². The SMILES string of the molecule is CC(c1cccc(C#N)c1)N1CCN(CC(=O)O)CC1. The number of carbonyl (C=O) groups is 1. The summed E-state index contributed by atoms with van der Waals surface area (Å²) in [6.07, 6.45) is 0. The van der Waals surface area contributed by atoms with E-state index in [4.69, 9.17) is 10.4 Å². The lowest BCUT2D eigenvalue weighted by Crippen LogP contribution is -2.48. The van der Waals surface area contributed by atoms with Crippen LogP contribution in [0.1, 0.15) is 24.1 Å². The van der Waals surface area contributed by atoms with E-state index in [1.54, 1.807) is 6.07 Å². The quantitative estimate of drug-likeness (QED) is 0.896. The van der Waals surface area contributed by atoms with Crippen molar-refractivity contribution >= 4 is 5.97 Å². The van der Waals surface area contributed by atoms with Gasteiger partial charge in [0.15, 0.2) is 0 Å². The van der Waals surface area contributed by atoms with Gasteiger partial charge >= 0.3 is 5.97 Å². The Balaban J connectivity index is 1.96. The molecule has 0 amide bonds. The topological polar surface area (TPSA) is 67.6 Å². The number of nitriles is 1. The second-order valence-corrected chi connectivity index (χ2v) is 5.12. The summed E-state index contributed by atoms with van der Waals surface area (Å²) >= 11 is 0. The third-order valence-corrected chi connectivity index (χ3v) is 3.81. The number of carboxylic acids is 1. The van der Waals surface area contributed by atoms with Crippen LogP contribution in [0.3, 0.4) is 0 Å². The third kappa shape index (κ3) is 3.56. The van der Waals surface area contributed by atoms with Crippen LogP contribution < -0.4 is 0 Å². The monoisotopic (exact) mass is 273 g/mol. The Morgan fingerprint density at radius 2 is 2.10 bits per heavy atom. The molecule has 0 bridgehead atoms. The maximum atomic E-state index is 10.7. The Morgan fingerprint density at radius 1 is 1.40 bits per heavy atom. The Hall–Kier alpha value is -1.90. The van der Waals surface area contributed by atoms with Gasteiger partial charge in [0, 0.05) is 32.2 Å². The molecule has 1 aromatic rings. The van der Waals surface area contributed by atoms with Crippen molar-refractivity contribution < 1.29 is 9.90 Å². The van der Waals surface area contributed by atoms with E-state index in [0.717, 1.165) is 31.7 Å². The molecule has 0 saturated carbocycles. The van der Waals surface area contributed by atoms with Gasteiger partial charge in [0.25, 0.3) is 0 Å². The number of hydrogen-bond acceptors (Lipinski definition) is 4. The Morgan fingerprint density at radius 3 is 2.70 bits per heavy atom. The highest BCUT2D eigenvalue weighted by Gasteiger charge is 2.23. The molecule has 1 heterocycles. The minimum absolute atomic E-state index is 0.117. The van der Waals surface area contributed by atoms with Crippen LogP contribution in [0.15, 0.2) is 24.3 Å². The zero-order chi connectivity index (χ0) is 14.5. The van der Waals surface area contributed by atoms with Gasteiger partial charge in [0.1, 0.15) is 0 Å². The zero-order valence-corrected chi connectivity index (χ0v) is 11.6. The standard InChI is InChI=1S/C15H19N3O2/c1-12(14-4-2-3-13(9-14)10-16)18-7-5-17(6-8-18)11-15(19)20/h2-4,9,12H,5-8,11H2,1H3,(H,19,20). The molecule has 5 nitrogen and oxygen atoms in total. The first-order valence-corrected chi connectivity index (χ1v) is 6.78. The minimum Gasteiger partial charge on any atom is -0.480 e. The normalized spacial score (nSPS) is 18.4. The van der Waals surface area contributed by atoms with Crippen molar-refractivity contribution in [3.63, 3.8) is 0 Å². The van der Waals surface area contributed by atoms with Gasteiger partial charge in [-0.3, -0.25) is 14.6 Å². The maximum Gasteiger partial charge on any atom is 0.317 e. The molecular weight excluding hydrogens is 254 g/mol. The van der Waals surface area contributed by atoms with Crippen molar-refractivity contribution in [3.8, 4) is 6.07 Å². The van der Waals surface area contributed by atoms with Crippen LogP contribution in [0.2, 0.25) is 0 Å². The first kappa shape index (κ1) is 14.5. The lowest BCUT2D eigenvalue weighted by molar-refractivity contribution is -0.138. The van der Waals surface area contributed by atoms with E-state index in [9.17, 15) is 4.79 Å². The second kappa shape index (κ2) is 6.51. The molecule has 0 aliphatic carbocycles. The summed E-state index contributed by atoms with van der Waals surface area (Å²) in [5.74, 6) is -0.770. The number of benzene rings is 1. The van der Waals surface area contributed by atoms with Crippen LogP contribution in [-0.2, 0) is 4.79 Å². The fraction of sp³-hybridized carbons (Fsp3) is 0.467. The van der Waals surface area contributed by atoms with Crippen molar-refractivity contribution in [2.75, 3.05) is 32.7 Å². The van der Waals surface area contributed by atoms with E-state index in [1.807, 2.05) is 23.1 Å². The Labute approximate surface area is 119 Å². The third-order valence-electron chi connectivity index (χ3n) is 3.81. The largest absolute Gasteiger partial charge is 0.480 e. The number of hydrogen-bond donors (Lipinski definition) is 1. The number of carboxylic acid groups (broad SMARTS) is 1. The van der Waals surface area contributed by atoms with E-state index in [1.165, 1.54) is 0 Å². The van der Waals surface area contributed by atoms with E-state index < -0.39 is 5.97 Å². The molecule has 1 saturated heterocycles. The highest BCUT2D eigenvalue weighted by Crippen LogP contribution is 2.22. The first-order valence-electron chi connectivity index (χ1n) is 6.78. The molecule has 1 aliphatic heterocycles. The molecule has 106 valence electrons. The molecule has 20 heavy (non-hydrogen) atoms. The Bertz CT molecular complexity index is 516. The average molecular weight is 273 g/mol. The van der Waals surface area contributed by atoms with Crippen molar-refractivity contribution in [2.45, 2.75) is 13.0 Å². The fourth-order valence-corrected chi connectivity index (χ4v) is 2.58. The van der Waals surface area contributed by atoms with Gasteiger partial charge in [-0.15, -0.1) is 0 Å². The summed E-state index contributed by atoms with van der Waals surface area (Å²) in [7, 11) is 0. The fourth-order valence-electron chi connectivity index (χ4n) is 2.58. The molecule has 5 heteroatoms. The molecule has 0 radical (unpaired) electrons. The summed E-state index contributed by atoms with van der Waals surface area (Å²) in [6.45, 7) is 5.50. The molecular formula is C15H19N3O2. The summed E-state index contributed by atoms with van der Waals surface area (Å²) in [6, 6.07) is 10.1. The van der Waals surface area contributed by atoms with Gasteiger partial charge in [-0.1, -0.05) is 12.1 Å². The highest BCUT2D eigenvalue weighted by molar-refractivity contribution is 5.69. The smallest absolute Gasteiger partial charge is 0.317 e. The molecule has 1 aliphatic rings. The van der Waals surface area contributed by atoms with Crippen LogP contribution in [0.25, 0.3) is 0 Å². The van der Waals surface area contributed by atoms with Crippen LogP contribution in [0, 0.1) is 11.3 Å². The first-order chi connectivity index (χ1) is 9.60.